The van der Waals surface area contributed by atoms with Gasteiger partial charge in [-0.15, -0.1) is 0 Å². The van der Waals surface area contributed by atoms with Crippen LogP contribution in [0, 0.1) is 0 Å². The van der Waals surface area contributed by atoms with Crippen LogP contribution in [0.4, 0.5) is 0 Å². The van der Waals surface area contributed by atoms with E-state index in [1.54, 1.807) is 7.11 Å². The summed E-state index contributed by atoms with van der Waals surface area (Å²) < 4.78 is 24.4. The third-order valence-corrected chi connectivity index (χ3v) is 9.34. The molecule has 0 saturated heterocycles. The molecule has 0 radical (unpaired) electrons. The largest absolute Gasteiger partial charge is 0.497 e. The van der Waals surface area contributed by atoms with Gasteiger partial charge in [0.1, 0.15) is 35.6 Å². The zero-order valence-electron chi connectivity index (χ0n) is 29.9. The summed E-state index contributed by atoms with van der Waals surface area (Å²) in [4.78, 5) is 0. The maximum Gasteiger partial charge on any atom is 0.143 e. The summed E-state index contributed by atoms with van der Waals surface area (Å²) in [5.74, 6) is 2.36. The Bertz CT molecular complexity index is 1630. The lowest BCUT2D eigenvalue weighted by atomic mass is 9.80. The van der Waals surface area contributed by atoms with Gasteiger partial charge in [0.2, 0.25) is 0 Å². The molecule has 1 N–H and O–H groups in total. The second kappa shape index (κ2) is 19.8. The fraction of sp³-hybridized carbons (Fsp3) is 0.378. The number of hydrogen-bond donors (Lipinski definition) is 1. The van der Waals surface area contributed by atoms with Crippen molar-refractivity contribution in [3.05, 3.63) is 138 Å². The molecule has 5 nitrogen and oxygen atoms in total. The summed E-state index contributed by atoms with van der Waals surface area (Å²) in [5.41, 5.74) is 1.91. The number of rotatable bonds is 22. The van der Waals surface area contributed by atoms with Crippen LogP contribution in [-0.2, 0) is 10.3 Å². The van der Waals surface area contributed by atoms with Crippen molar-refractivity contribution in [2.24, 2.45) is 0 Å². The molecule has 50 heavy (non-hydrogen) atoms. The first-order valence-corrected chi connectivity index (χ1v) is 18.5. The topological polar surface area (TPSA) is 57.2 Å². The first-order chi connectivity index (χ1) is 24.6. The highest BCUT2D eigenvalue weighted by molar-refractivity contribution is 5.85. The number of benzene rings is 5. The quantitative estimate of drug-likeness (QED) is 0.0585. The van der Waals surface area contributed by atoms with Crippen molar-refractivity contribution < 1.29 is 24.1 Å². The average Bonchev–Trinajstić information content (AvgIpc) is 3.17. The Morgan fingerprint density at radius 3 is 1.54 bits per heavy atom. The summed E-state index contributed by atoms with van der Waals surface area (Å²) >= 11 is 0. The predicted molar refractivity (Wildman–Crippen MR) is 205 cm³/mol. The van der Waals surface area contributed by atoms with E-state index in [0.29, 0.717) is 5.75 Å². The van der Waals surface area contributed by atoms with Crippen molar-refractivity contribution in [1.29, 1.82) is 0 Å². The average molecular weight is 675 g/mol. The van der Waals surface area contributed by atoms with Crippen LogP contribution in [0.5, 0.6) is 17.2 Å². The number of unbranched alkanes of at least 4 members (excludes halogenated alkanes) is 9. The van der Waals surface area contributed by atoms with Gasteiger partial charge in [0.15, 0.2) is 0 Å². The number of methoxy groups -OCH3 is 1. The lowest BCUT2D eigenvalue weighted by Gasteiger charge is -2.36. The molecule has 264 valence electrons. The zero-order valence-corrected chi connectivity index (χ0v) is 29.9. The minimum Gasteiger partial charge on any atom is -0.497 e. The molecule has 0 bridgehead atoms. The SMILES string of the molecule is CCCCCCCCCCCCOc1ccc2cc(OCC(O)COC(c3ccccc3)(c3ccccc3)c3ccc(OC)cc3)ccc2c1. The molecular weight excluding hydrogens is 620 g/mol. The van der Waals surface area contributed by atoms with E-state index in [2.05, 4.69) is 43.3 Å². The third-order valence-electron chi connectivity index (χ3n) is 9.34. The van der Waals surface area contributed by atoms with Crippen LogP contribution in [-0.4, -0.2) is 38.1 Å². The first kappa shape index (κ1) is 36.9. The van der Waals surface area contributed by atoms with E-state index in [-0.39, 0.29) is 13.2 Å². The van der Waals surface area contributed by atoms with Crippen LogP contribution in [0.25, 0.3) is 10.8 Å². The second-order valence-electron chi connectivity index (χ2n) is 13.1. The molecule has 0 aliphatic heterocycles. The van der Waals surface area contributed by atoms with Gasteiger partial charge in [-0.05, 0) is 70.3 Å². The lowest BCUT2D eigenvalue weighted by Crippen LogP contribution is -2.37. The van der Waals surface area contributed by atoms with Crippen molar-refractivity contribution in [3.8, 4) is 17.2 Å². The summed E-state index contributed by atoms with van der Waals surface area (Å²) in [7, 11) is 1.66. The van der Waals surface area contributed by atoms with E-state index in [4.69, 9.17) is 18.9 Å². The van der Waals surface area contributed by atoms with E-state index < -0.39 is 11.7 Å². The van der Waals surface area contributed by atoms with Gasteiger partial charge in [0, 0.05) is 0 Å². The van der Waals surface area contributed by atoms with E-state index in [0.717, 1.165) is 52.0 Å². The highest BCUT2D eigenvalue weighted by atomic mass is 16.5. The van der Waals surface area contributed by atoms with E-state index in [1.165, 1.54) is 57.8 Å². The lowest BCUT2D eigenvalue weighted by molar-refractivity contribution is -0.0493. The monoisotopic (exact) mass is 674 g/mol. The number of ether oxygens (including phenoxy) is 4. The van der Waals surface area contributed by atoms with Gasteiger partial charge >= 0.3 is 0 Å². The molecule has 0 saturated carbocycles. The Morgan fingerprint density at radius 2 is 1.00 bits per heavy atom. The third kappa shape index (κ3) is 10.3. The Labute approximate surface area is 299 Å². The molecule has 0 fully saturated rings. The molecule has 0 aromatic heterocycles. The Balaban J connectivity index is 1.15. The van der Waals surface area contributed by atoms with Crippen LogP contribution < -0.4 is 14.2 Å². The zero-order chi connectivity index (χ0) is 34.9. The summed E-state index contributed by atoms with van der Waals surface area (Å²) in [5, 5.41) is 13.3. The molecule has 5 aromatic rings. The molecule has 0 aliphatic rings. The van der Waals surface area contributed by atoms with Gasteiger partial charge in [-0.2, -0.15) is 0 Å². The van der Waals surface area contributed by atoms with Gasteiger partial charge in [0.05, 0.1) is 20.3 Å². The van der Waals surface area contributed by atoms with Crippen molar-refractivity contribution in [3.63, 3.8) is 0 Å². The van der Waals surface area contributed by atoms with E-state index in [1.807, 2.05) is 84.9 Å². The molecule has 0 amide bonds. The van der Waals surface area contributed by atoms with E-state index in [9.17, 15) is 5.11 Å². The Morgan fingerprint density at radius 1 is 0.520 bits per heavy atom. The van der Waals surface area contributed by atoms with E-state index >= 15 is 0 Å². The minimum absolute atomic E-state index is 0.0587. The summed E-state index contributed by atoms with van der Waals surface area (Å²) in [6, 6.07) is 40.3. The molecule has 0 aliphatic carbocycles. The predicted octanol–water partition coefficient (Wildman–Crippen LogP) is 10.9. The Hall–Kier alpha value is -4.32. The number of hydrogen-bond acceptors (Lipinski definition) is 5. The summed E-state index contributed by atoms with van der Waals surface area (Å²) in [6.45, 7) is 3.17. The first-order valence-electron chi connectivity index (χ1n) is 18.5. The van der Waals surface area contributed by atoms with Crippen molar-refractivity contribution >= 4 is 10.8 Å². The smallest absolute Gasteiger partial charge is 0.143 e. The van der Waals surface area contributed by atoms with Crippen LogP contribution in [0.2, 0.25) is 0 Å². The number of aliphatic hydroxyl groups is 1. The maximum absolute atomic E-state index is 11.2. The summed E-state index contributed by atoms with van der Waals surface area (Å²) in [6.07, 6.45) is 12.3. The van der Waals surface area contributed by atoms with Gasteiger partial charge < -0.3 is 24.1 Å². The van der Waals surface area contributed by atoms with Gasteiger partial charge in [0.25, 0.3) is 0 Å². The Kier molecular flexibility index (Phi) is 14.6. The van der Waals surface area contributed by atoms with Crippen LogP contribution in [0.1, 0.15) is 87.8 Å². The van der Waals surface area contributed by atoms with Crippen molar-refractivity contribution in [2.45, 2.75) is 82.8 Å². The molecule has 0 spiro atoms. The number of fused-ring (bicyclic) bond motifs is 1. The van der Waals surface area contributed by atoms with Crippen LogP contribution in [0.3, 0.4) is 0 Å². The highest BCUT2D eigenvalue weighted by Gasteiger charge is 2.38. The minimum atomic E-state index is -0.952. The molecule has 1 unspecified atom stereocenters. The van der Waals surface area contributed by atoms with Crippen molar-refractivity contribution in [2.75, 3.05) is 26.9 Å². The second-order valence-corrected chi connectivity index (χ2v) is 13.1. The fourth-order valence-electron chi connectivity index (χ4n) is 6.54. The van der Waals surface area contributed by atoms with Gasteiger partial charge in [-0.1, -0.05) is 150 Å². The fourth-order valence-corrected chi connectivity index (χ4v) is 6.54. The molecule has 0 heterocycles. The van der Waals surface area contributed by atoms with Crippen molar-refractivity contribution in [1.82, 2.24) is 0 Å². The number of aliphatic hydroxyl groups excluding tert-OH is 1. The highest BCUT2D eigenvalue weighted by Crippen LogP contribution is 2.41. The van der Waals surface area contributed by atoms with Gasteiger partial charge in [-0.3, -0.25) is 0 Å². The van der Waals surface area contributed by atoms with Crippen LogP contribution >= 0.6 is 0 Å². The maximum atomic E-state index is 11.2. The molecule has 1 atom stereocenters. The molecule has 5 heteroatoms. The molecular formula is C45H54O5. The molecule has 5 aromatic carbocycles. The van der Waals surface area contributed by atoms with Crippen LogP contribution in [0.15, 0.2) is 121 Å². The molecule has 5 rings (SSSR count). The van der Waals surface area contributed by atoms with Gasteiger partial charge in [-0.25, -0.2) is 0 Å². The standard InChI is InChI=1S/C45H54O5/c1-3-4-5-6-7-8-9-10-11-18-31-48-43-27-23-37-33-44(28-24-36(37)32-43)49-34-41(46)35-50-45(38-19-14-12-15-20-38,39-21-16-13-17-22-39)40-25-29-42(47-2)30-26-40/h12-17,19-30,32-33,41,46H,3-11,18,31,34-35H2,1-2H3. The normalized spacial score (nSPS) is 12.1.